The average molecular weight is 642 g/mol. The van der Waals surface area contributed by atoms with E-state index in [2.05, 4.69) is 82.4 Å². The topological polar surface area (TPSA) is 42.0 Å². The number of unbranched alkanes of at least 4 members (excludes halogenated alkanes) is 3. The second kappa shape index (κ2) is 14.7. The minimum absolute atomic E-state index is 0.137. The Morgan fingerprint density at radius 1 is 0.921 bits per heavy atom. The molecule has 0 unspecified atom stereocenters. The number of hydrogen-bond donors (Lipinski definition) is 1. The minimum atomic E-state index is -2.69. The molecule has 3 rings (SSSR count). The zero-order valence-electron chi connectivity index (χ0n) is 24.4. The average Bonchev–Trinajstić information content (AvgIpc) is 2.95. The van der Waals surface area contributed by atoms with Crippen LogP contribution in [-0.2, 0) is 0 Å². The van der Waals surface area contributed by atoms with E-state index in [0.29, 0.717) is 10.7 Å². The van der Waals surface area contributed by atoms with Crippen molar-refractivity contribution >= 4 is 50.2 Å². The van der Waals surface area contributed by atoms with Gasteiger partial charge in [-0.05, 0) is 0 Å². The Labute approximate surface area is 240 Å². The van der Waals surface area contributed by atoms with Gasteiger partial charge in [0.1, 0.15) is 0 Å². The van der Waals surface area contributed by atoms with Gasteiger partial charge >= 0.3 is 241 Å². The molecule has 0 bridgehead atoms. The molecule has 0 spiro atoms. The van der Waals surface area contributed by atoms with Crippen LogP contribution in [0.4, 0.5) is 0 Å². The summed E-state index contributed by atoms with van der Waals surface area (Å²) in [5, 5.41) is 5.73. The molecule has 5 heteroatoms. The van der Waals surface area contributed by atoms with Gasteiger partial charge in [-0.2, -0.15) is 0 Å². The first-order valence-corrected chi connectivity index (χ1v) is 22.7. The van der Waals surface area contributed by atoms with E-state index in [4.69, 9.17) is 16.6 Å². The second-order valence-corrected chi connectivity index (χ2v) is 24.6. The normalized spacial score (nSPS) is 12.6. The van der Waals surface area contributed by atoms with Crippen LogP contribution < -0.4 is 8.90 Å². The van der Waals surface area contributed by atoms with Gasteiger partial charge in [-0.25, -0.2) is 0 Å². The van der Waals surface area contributed by atoms with Gasteiger partial charge in [-0.15, -0.1) is 0 Å². The molecule has 1 aromatic heterocycles. The fraction of sp³-hybridized carbons (Fsp3) is 0.515. The number of fused-ring (bicyclic) bond motifs is 1. The molecule has 0 saturated heterocycles. The first-order valence-electron chi connectivity index (χ1n) is 14.8. The Kier molecular flexibility index (Phi) is 12.0. The van der Waals surface area contributed by atoms with Crippen LogP contribution >= 0.6 is 11.6 Å². The number of aromatic nitrogens is 1. The maximum absolute atomic E-state index is 13.2. The summed E-state index contributed by atoms with van der Waals surface area (Å²) in [6, 6.07) is 15.3. The predicted molar refractivity (Wildman–Crippen MR) is 169 cm³/mol. The molecule has 1 atom stereocenters. The predicted octanol–water partition coefficient (Wildman–Crippen LogP) is 9.48. The Bertz CT molecular complexity index is 1200. The quantitative estimate of drug-likeness (QED) is 0.178. The number of nitrogens with one attached hydrogen (secondary N) is 1. The van der Waals surface area contributed by atoms with E-state index in [1.165, 1.54) is 51.8 Å². The number of nitrogens with zero attached hydrogens (tertiary/aromatic N) is 1. The van der Waals surface area contributed by atoms with Crippen molar-refractivity contribution in [3.63, 3.8) is 0 Å². The van der Waals surface area contributed by atoms with Crippen molar-refractivity contribution in [1.29, 1.82) is 0 Å². The summed E-state index contributed by atoms with van der Waals surface area (Å²) in [7, 11) is 1.69. The van der Waals surface area contributed by atoms with Gasteiger partial charge in [0.2, 0.25) is 0 Å². The summed E-state index contributed by atoms with van der Waals surface area (Å²) in [4.78, 5) is 18.3. The summed E-state index contributed by atoms with van der Waals surface area (Å²) in [6.45, 7) is 11.3. The third-order valence-electron chi connectivity index (χ3n) is 8.36. The molecule has 0 saturated carbocycles. The summed E-state index contributed by atoms with van der Waals surface area (Å²) in [5.41, 5.74) is 3.36. The van der Waals surface area contributed by atoms with Crippen LogP contribution in [0, 0.1) is 0 Å². The number of carbonyl (C=O) groups is 1. The fourth-order valence-electron chi connectivity index (χ4n) is 5.87. The van der Waals surface area contributed by atoms with Crippen LogP contribution in [0.2, 0.25) is 18.3 Å². The number of hydrogen-bond acceptors (Lipinski definition) is 2. The first-order chi connectivity index (χ1) is 18.4. The van der Waals surface area contributed by atoms with Crippen molar-refractivity contribution in [2.75, 3.05) is 7.05 Å². The third-order valence-corrected chi connectivity index (χ3v) is 24.3. The fourth-order valence-corrected chi connectivity index (χ4v) is 22.0. The number of carbonyl (C=O) groups excluding carboxylic acids is 1. The van der Waals surface area contributed by atoms with Crippen LogP contribution in [0.5, 0.6) is 0 Å². The first kappa shape index (κ1) is 30.9. The van der Waals surface area contributed by atoms with Crippen LogP contribution in [0.1, 0.15) is 102 Å². The molecular weight excluding hydrogens is 595 g/mol. The molecule has 1 amide bonds. The number of amides is 1. The zero-order chi connectivity index (χ0) is 27.7. The summed E-state index contributed by atoms with van der Waals surface area (Å²) < 4.78 is 5.78. The molecule has 0 aliphatic rings. The number of halogens is 1. The van der Waals surface area contributed by atoms with Gasteiger partial charge in [0.05, 0.1) is 0 Å². The maximum atomic E-state index is 13.2. The SMILES string of the molecule is CCC[CH2][Sn]([CH2]CCC)([CH2]CCC)[c]1ccc(Cl)c(-c2nc(C(=O)NC)c([C@H](C)CC)c3ccccc23)c1. The standard InChI is InChI=1S/C21H20ClN2O.3C4H9.Sn/c1-4-13(2)18-14-9-5-6-10-15(14)19(24-20(18)21(25)23-3)16-11-7-8-12-17(16)22;3*1-3-4-2;/h5-6,8-13H,4H2,1-3H3,(H,23,25);3*1,3-4H2,2H3;/t13-;;;;/m1..../s1. The van der Waals surface area contributed by atoms with Gasteiger partial charge in [0.25, 0.3) is 0 Å². The van der Waals surface area contributed by atoms with E-state index in [1.54, 1.807) is 10.6 Å². The van der Waals surface area contributed by atoms with Gasteiger partial charge in [0, 0.05) is 0 Å². The molecule has 0 aliphatic heterocycles. The molecule has 3 aromatic rings. The summed E-state index contributed by atoms with van der Waals surface area (Å²) in [6.07, 6.45) is 8.62. The third kappa shape index (κ3) is 6.75. The van der Waals surface area contributed by atoms with Crippen molar-refractivity contribution in [3.05, 3.63) is 58.7 Å². The van der Waals surface area contributed by atoms with Crippen molar-refractivity contribution in [3.8, 4) is 11.3 Å². The van der Waals surface area contributed by atoms with E-state index in [-0.39, 0.29) is 11.8 Å². The summed E-state index contributed by atoms with van der Waals surface area (Å²) in [5.74, 6) is 0.0819. The van der Waals surface area contributed by atoms with Crippen LogP contribution in [0.3, 0.4) is 0 Å². The van der Waals surface area contributed by atoms with E-state index in [9.17, 15) is 4.79 Å². The number of rotatable bonds is 14. The van der Waals surface area contributed by atoms with Crippen molar-refractivity contribution < 1.29 is 4.79 Å². The van der Waals surface area contributed by atoms with Crippen molar-refractivity contribution in [2.45, 2.75) is 98.8 Å². The number of benzene rings is 2. The monoisotopic (exact) mass is 642 g/mol. The Morgan fingerprint density at radius 2 is 1.50 bits per heavy atom. The Morgan fingerprint density at radius 3 is 2.03 bits per heavy atom. The molecule has 2 aromatic carbocycles. The molecule has 0 aliphatic carbocycles. The Balaban J connectivity index is 2.33. The van der Waals surface area contributed by atoms with Crippen molar-refractivity contribution in [2.24, 2.45) is 0 Å². The van der Waals surface area contributed by atoms with E-state index >= 15 is 0 Å². The van der Waals surface area contributed by atoms with Gasteiger partial charge in [-0.3, -0.25) is 0 Å². The Hall–Kier alpha value is -1.59. The van der Waals surface area contributed by atoms with Crippen LogP contribution in [0.25, 0.3) is 22.0 Å². The number of pyridine rings is 1. The second-order valence-electron chi connectivity index (χ2n) is 10.9. The molecule has 0 fully saturated rings. The van der Waals surface area contributed by atoms with E-state index in [0.717, 1.165) is 34.0 Å². The van der Waals surface area contributed by atoms with Gasteiger partial charge < -0.3 is 0 Å². The molecule has 3 nitrogen and oxygen atoms in total. The molecule has 1 heterocycles. The van der Waals surface area contributed by atoms with Crippen molar-refractivity contribution in [1.82, 2.24) is 10.3 Å². The molecule has 1 N–H and O–H groups in total. The molecule has 0 radical (unpaired) electrons. The van der Waals surface area contributed by atoms with Gasteiger partial charge in [-0.1, -0.05) is 0 Å². The zero-order valence-corrected chi connectivity index (χ0v) is 28.0. The van der Waals surface area contributed by atoms with Crippen LogP contribution in [-0.4, -0.2) is 36.3 Å². The molecule has 38 heavy (non-hydrogen) atoms. The van der Waals surface area contributed by atoms with Crippen LogP contribution in [0.15, 0.2) is 42.5 Å². The van der Waals surface area contributed by atoms with E-state index in [1.807, 2.05) is 0 Å². The molecule has 206 valence electrons. The van der Waals surface area contributed by atoms with E-state index < -0.39 is 18.4 Å². The summed E-state index contributed by atoms with van der Waals surface area (Å²) >= 11 is 4.28. The van der Waals surface area contributed by atoms with Gasteiger partial charge in [0.15, 0.2) is 0 Å². The molecular formula is C33H47ClN2OSn.